The number of halogens is 2. The average molecular weight is 406 g/mol. The van der Waals surface area contributed by atoms with E-state index in [-0.39, 0.29) is 24.0 Å². The van der Waals surface area contributed by atoms with Crippen LogP contribution in [0.3, 0.4) is 0 Å². The summed E-state index contributed by atoms with van der Waals surface area (Å²) in [6, 6.07) is 9.70. The molecule has 1 fully saturated rings. The van der Waals surface area contributed by atoms with Gasteiger partial charge in [0.05, 0.1) is 10.8 Å². The maximum atomic E-state index is 13.4. The number of hydrogen-bond donors (Lipinski definition) is 1. The molecule has 9 heteroatoms. The van der Waals surface area contributed by atoms with Crippen molar-refractivity contribution in [1.82, 2.24) is 4.90 Å². The smallest absolute Gasteiger partial charge is 0.306 e. The highest BCUT2D eigenvalue weighted by atomic mass is 35.5. The van der Waals surface area contributed by atoms with E-state index in [0.717, 1.165) is 12.1 Å². The number of nitrogens with zero attached hydrogens (tertiary/aromatic N) is 2. The van der Waals surface area contributed by atoms with E-state index in [0.29, 0.717) is 30.0 Å². The van der Waals surface area contributed by atoms with E-state index < -0.39 is 22.3 Å². The summed E-state index contributed by atoms with van der Waals surface area (Å²) in [5, 5.41) is 13.9. The van der Waals surface area contributed by atoms with Crippen LogP contribution in [0.4, 0.5) is 15.8 Å². The van der Waals surface area contributed by atoms with E-state index in [1.165, 1.54) is 6.07 Å². The van der Waals surface area contributed by atoms with E-state index in [2.05, 4.69) is 5.32 Å². The average Bonchev–Trinajstić information content (AvgIpc) is 2.69. The minimum absolute atomic E-state index is 0.138. The number of piperidine rings is 1. The monoisotopic (exact) mass is 405 g/mol. The zero-order valence-electron chi connectivity index (χ0n) is 14.7. The Kier molecular flexibility index (Phi) is 5.89. The largest absolute Gasteiger partial charge is 0.338 e. The van der Waals surface area contributed by atoms with Crippen LogP contribution in [0.15, 0.2) is 42.5 Å². The number of hydrogen-bond acceptors (Lipinski definition) is 4. The summed E-state index contributed by atoms with van der Waals surface area (Å²) in [6.07, 6.45) is 1.24. The number of benzene rings is 2. The van der Waals surface area contributed by atoms with E-state index in [9.17, 15) is 24.1 Å². The van der Waals surface area contributed by atoms with E-state index >= 15 is 0 Å². The Morgan fingerprint density at radius 2 is 1.93 bits per heavy atom. The number of rotatable bonds is 4. The normalized spacial score (nSPS) is 16.5. The molecule has 1 unspecified atom stereocenters. The SMILES string of the molecule is O=C(Nc1ccc(F)c([N+](=O)[O-])c1)C1CCCN(C(=O)c2ccc(Cl)cc2)C1. The van der Waals surface area contributed by atoms with Gasteiger partial charge in [-0.1, -0.05) is 11.6 Å². The molecule has 3 rings (SSSR count). The van der Waals surface area contributed by atoms with Crippen molar-refractivity contribution in [2.45, 2.75) is 12.8 Å². The molecule has 1 heterocycles. The van der Waals surface area contributed by atoms with Gasteiger partial charge in [0, 0.05) is 35.4 Å². The number of nitrogens with one attached hydrogen (secondary N) is 1. The maximum absolute atomic E-state index is 13.4. The van der Waals surface area contributed by atoms with Crippen LogP contribution in [0.1, 0.15) is 23.2 Å². The fourth-order valence-corrected chi connectivity index (χ4v) is 3.25. The van der Waals surface area contributed by atoms with Gasteiger partial charge in [-0.05, 0) is 49.2 Å². The molecule has 1 atom stereocenters. The molecule has 0 aromatic heterocycles. The lowest BCUT2D eigenvalue weighted by atomic mass is 9.96. The molecule has 1 aliphatic heterocycles. The van der Waals surface area contributed by atoms with Gasteiger partial charge in [0.1, 0.15) is 0 Å². The Labute approximate surface area is 165 Å². The number of nitro groups is 1. The number of amides is 2. The number of anilines is 1. The van der Waals surface area contributed by atoms with Gasteiger partial charge in [0.2, 0.25) is 11.7 Å². The molecule has 146 valence electrons. The van der Waals surface area contributed by atoms with Crippen molar-refractivity contribution in [3.63, 3.8) is 0 Å². The summed E-state index contributed by atoms with van der Waals surface area (Å²) in [5.74, 6) is -1.99. The maximum Gasteiger partial charge on any atom is 0.306 e. The Hall–Kier alpha value is -3.00. The van der Waals surface area contributed by atoms with Gasteiger partial charge in [-0.3, -0.25) is 19.7 Å². The van der Waals surface area contributed by atoms with Crippen molar-refractivity contribution in [1.29, 1.82) is 0 Å². The molecule has 1 N–H and O–H groups in total. The van der Waals surface area contributed by atoms with Crippen LogP contribution in [0, 0.1) is 21.8 Å². The van der Waals surface area contributed by atoms with Crippen molar-refractivity contribution in [3.05, 3.63) is 69.0 Å². The van der Waals surface area contributed by atoms with Crippen LogP contribution in [0.5, 0.6) is 0 Å². The third-order valence-corrected chi connectivity index (χ3v) is 4.83. The molecule has 1 aliphatic rings. The molecule has 0 bridgehead atoms. The van der Waals surface area contributed by atoms with Crippen LogP contribution >= 0.6 is 11.6 Å². The van der Waals surface area contributed by atoms with Gasteiger partial charge in [0.25, 0.3) is 5.91 Å². The predicted molar refractivity (Wildman–Crippen MR) is 102 cm³/mol. The lowest BCUT2D eigenvalue weighted by Gasteiger charge is -2.32. The van der Waals surface area contributed by atoms with Gasteiger partial charge in [0.15, 0.2) is 0 Å². The quantitative estimate of drug-likeness (QED) is 0.617. The number of likely N-dealkylation sites (tertiary alicyclic amines) is 1. The van der Waals surface area contributed by atoms with Gasteiger partial charge in [-0.2, -0.15) is 4.39 Å². The zero-order valence-corrected chi connectivity index (χ0v) is 15.5. The summed E-state index contributed by atoms with van der Waals surface area (Å²) in [6.45, 7) is 0.768. The molecule has 0 saturated carbocycles. The van der Waals surface area contributed by atoms with E-state index in [4.69, 9.17) is 11.6 Å². The van der Waals surface area contributed by atoms with Crippen molar-refractivity contribution in [3.8, 4) is 0 Å². The van der Waals surface area contributed by atoms with Gasteiger partial charge in [-0.25, -0.2) is 0 Å². The van der Waals surface area contributed by atoms with Gasteiger partial charge in [-0.15, -0.1) is 0 Å². The molecule has 2 amide bonds. The van der Waals surface area contributed by atoms with Crippen LogP contribution in [-0.2, 0) is 4.79 Å². The zero-order chi connectivity index (χ0) is 20.3. The lowest BCUT2D eigenvalue weighted by molar-refractivity contribution is -0.387. The fraction of sp³-hybridized carbons (Fsp3) is 0.263. The molecule has 1 saturated heterocycles. The van der Waals surface area contributed by atoms with Gasteiger partial charge < -0.3 is 10.2 Å². The third-order valence-electron chi connectivity index (χ3n) is 4.58. The second-order valence-corrected chi connectivity index (χ2v) is 6.95. The molecule has 0 spiro atoms. The number of carbonyl (C=O) groups is 2. The lowest BCUT2D eigenvalue weighted by Crippen LogP contribution is -2.43. The van der Waals surface area contributed by atoms with Crippen LogP contribution in [-0.4, -0.2) is 34.7 Å². The molecule has 2 aromatic rings. The summed E-state index contributed by atoms with van der Waals surface area (Å²) in [5.41, 5.74) is -0.0835. The number of carbonyl (C=O) groups excluding carboxylic acids is 2. The summed E-state index contributed by atoms with van der Waals surface area (Å²) < 4.78 is 13.4. The molecule has 28 heavy (non-hydrogen) atoms. The Balaban J connectivity index is 1.67. The summed E-state index contributed by atoms with van der Waals surface area (Å²) >= 11 is 5.84. The molecule has 0 aliphatic carbocycles. The summed E-state index contributed by atoms with van der Waals surface area (Å²) in [7, 11) is 0. The first-order valence-corrected chi connectivity index (χ1v) is 9.02. The van der Waals surface area contributed by atoms with Crippen LogP contribution in [0.25, 0.3) is 0 Å². The number of nitro benzene ring substituents is 1. The first kappa shape index (κ1) is 19.8. The highest BCUT2D eigenvalue weighted by Gasteiger charge is 2.29. The Bertz CT molecular complexity index is 920. The highest BCUT2D eigenvalue weighted by Crippen LogP contribution is 2.24. The van der Waals surface area contributed by atoms with Crippen molar-refractivity contribution >= 4 is 34.8 Å². The van der Waals surface area contributed by atoms with E-state index in [1.54, 1.807) is 29.2 Å². The molecule has 7 nitrogen and oxygen atoms in total. The second kappa shape index (κ2) is 8.35. The van der Waals surface area contributed by atoms with Crippen molar-refractivity contribution in [2.24, 2.45) is 5.92 Å². The molecular weight excluding hydrogens is 389 g/mol. The first-order chi connectivity index (χ1) is 13.3. The Morgan fingerprint density at radius 1 is 1.21 bits per heavy atom. The van der Waals surface area contributed by atoms with Crippen molar-refractivity contribution < 1.29 is 18.9 Å². The first-order valence-electron chi connectivity index (χ1n) is 8.65. The molecule has 0 radical (unpaired) electrons. The third kappa shape index (κ3) is 4.45. The van der Waals surface area contributed by atoms with Crippen molar-refractivity contribution in [2.75, 3.05) is 18.4 Å². The Morgan fingerprint density at radius 3 is 2.61 bits per heavy atom. The standard InChI is InChI=1S/C19H17ClFN3O4/c20-14-5-3-12(4-6-14)19(26)23-9-1-2-13(11-23)18(25)22-15-7-8-16(21)17(10-15)24(27)28/h3-8,10,13H,1-2,9,11H2,(H,22,25). The minimum Gasteiger partial charge on any atom is -0.338 e. The van der Waals surface area contributed by atoms with Crippen LogP contribution in [0.2, 0.25) is 5.02 Å². The summed E-state index contributed by atoms with van der Waals surface area (Å²) in [4.78, 5) is 36.8. The van der Waals surface area contributed by atoms with Crippen LogP contribution < -0.4 is 5.32 Å². The second-order valence-electron chi connectivity index (χ2n) is 6.51. The van der Waals surface area contributed by atoms with E-state index in [1.807, 2.05) is 0 Å². The fourth-order valence-electron chi connectivity index (χ4n) is 3.13. The molecular formula is C19H17ClFN3O4. The predicted octanol–water partition coefficient (Wildman–Crippen LogP) is 3.88. The molecule has 2 aromatic carbocycles. The minimum atomic E-state index is -0.972. The topological polar surface area (TPSA) is 92.5 Å². The highest BCUT2D eigenvalue weighted by molar-refractivity contribution is 6.30. The van der Waals surface area contributed by atoms with Gasteiger partial charge >= 0.3 is 5.69 Å².